The van der Waals surface area contributed by atoms with Crippen LogP contribution in [0.5, 0.6) is 0 Å². The first kappa shape index (κ1) is 11.0. The largest absolute Gasteiger partial charge is 0.383 e. The van der Waals surface area contributed by atoms with Gasteiger partial charge in [-0.25, -0.2) is 5.01 Å². The maximum Gasteiger partial charge on any atom is 0.0636 e. The number of methoxy groups -OCH3 is 1. The average molecular weight is 210 g/mol. The van der Waals surface area contributed by atoms with Crippen molar-refractivity contribution in [2.75, 3.05) is 20.3 Å². The third kappa shape index (κ3) is 2.95. The number of nitrogens with one attached hydrogen (secondary N) is 1. The van der Waals surface area contributed by atoms with E-state index in [9.17, 15) is 0 Å². The SMILES string of the molecule is COC[C@H]1CCCN1NC1=CCCCC1. The summed E-state index contributed by atoms with van der Waals surface area (Å²) >= 11 is 0. The minimum absolute atomic E-state index is 0.567. The Morgan fingerprint density at radius 2 is 2.40 bits per heavy atom. The van der Waals surface area contributed by atoms with Gasteiger partial charge in [-0.05, 0) is 38.5 Å². The zero-order chi connectivity index (χ0) is 10.5. The van der Waals surface area contributed by atoms with E-state index in [-0.39, 0.29) is 0 Å². The van der Waals surface area contributed by atoms with E-state index in [1.165, 1.54) is 44.2 Å². The van der Waals surface area contributed by atoms with Crippen LogP contribution in [0.2, 0.25) is 0 Å². The highest BCUT2D eigenvalue weighted by atomic mass is 16.5. The molecule has 0 aromatic heterocycles. The van der Waals surface area contributed by atoms with Gasteiger partial charge in [-0.2, -0.15) is 0 Å². The Morgan fingerprint density at radius 3 is 3.13 bits per heavy atom. The van der Waals surface area contributed by atoms with Crippen LogP contribution in [-0.4, -0.2) is 31.3 Å². The third-order valence-corrected chi connectivity index (χ3v) is 3.31. The first-order chi connectivity index (χ1) is 7.40. The van der Waals surface area contributed by atoms with E-state index in [2.05, 4.69) is 16.5 Å². The molecule has 15 heavy (non-hydrogen) atoms. The lowest BCUT2D eigenvalue weighted by Crippen LogP contribution is -2.43. The Morgan fingerprint density at radius 1 is 1.47 bits per heavy atom. The van der Waals surface area contributed by atoms with Crippen molar-refractivity contribution in [3.05, 3.63) is 11.8 Å². The molecule has 86 valence electrons. The van der Waals surface area contributed by atoms with Gasteiger partial charge in [0.25, 0.3) is 0 Å². The molecule has 0 spiro atoms. The topological polar surface area (TPSA) is 24.5 Å². The van der Waals surface area contributed by atoms with Gasteiger partial charge in [-0.3, -0.25) is 0 Å². The molecule has 0 radical (unpaired) electrons. The molecule has 1 N–H and O–H groups in total. The van der Waals surface area contributed by atoms with Crippen molar-refractivity contribution < 1.29 is 4.74 Å². The molecular formula is C12H22N2O. The molecule has 1 heterocycles. The molecule has 0 bridgehead atoms. The highest BCUT2D eigenvalue weighted by Crippen LogP contribution is 2.20. The molecule has 0 amide bonds. The second-order valence-electron chi connectivity index (χ2n) is 4.53. The van der Waals surface area contributed by atoms with Gasteiger partial charge in [0, 0.05) is 19.4 Å². The fourth-order valence-electron chi connectivity index (χ4n) is 2.47. The lowest BCUT2D eigenvalue weighted by Gasteiger charge is -2.28. The van der Waals surface area contributed by atoms with Gasteiger partial charge < -0.3 is 10.2 Å². The predicted molar refractivity (Wildman–Crippen MR) is 61.3 cm³/mol. The summed E-state index contributed by atoms with van der Waals surface area (Å²) in [4.78, 5) is 0. The van der Waals surface area contributed by atoms with Crippen LogP contribution in [0.3, 0.4) is 0 Å². The molecule has 0 saturated carbocycles. The molecule has 1 aliphatic carbocycles. The molecule has 1 aliphatic heterocycles. The first-order valence-corrected chi connectivity index (χ1v) is 6.11. The van der Waals surface area contributed by atoms with Crippen LogP contribution < -0.4 is 5.43 Å². The second kappa shape index (κ2) is 5.52. The number of hydrogen-bond donors (Lipinski definition) is 1. The van der Waals surface area contributed by atoms with Crippen LogP contribution >= 0.6 is 0 Å². The number of ether oxygens (including phenoxy) is 1. The van der Waals surface area contributed by atoms with Crippen molar-refractivity contribution in [2.24, 2.45) is 0 Å². The summed E-state index contributed by atoms with van der Waals surface area (Å²) in [7, 11) is 1.79. The van der Waals surface area contributed by atoms with E-state index in [0.717, 1.165) is 13.2 Å². The Hall–Kier alpha value is -0.540. The molecule has 3 nitrogen and oxygen atoms in total. The van der Waals surface area contributed by atoms with E-state index < -0.39 is 0 Å². The highest BCUT2D eigenvalue weighted by molar-refractivity contribution is 5.02. The number of nitrogens with zero attached hydrogens (tertiary/aromatic N) is 1. The summed E-state index contributed by atoms with van der Waals surface area (Å²) in [6, 6.07) is 0.567. The molecular weight excluding hydrogens is 188 g/mol. The maximum atomic E-state index is 5.24. The van der Waals surface area contributed by atoms with Crippen molar-refractivity contribution >= 4 is 0 Å². The van der Waals surface area contributed by atoms with E-state index in [1.807, 2.05) is 0 Å². The first-order valence-electron chi connectivity index (χ1n) is 6.11. The van der Waals surface area contributed by atoms with Crippen molar-refractivity contribution in [1.29, 1.82) is 0 Å². The summed E-state index contributed by atoms with van der Waals surface area (Å²) in [5.41, 5.74) is 4.99. The normalized spacial score (nSPS) is 27.8. The molecule has 2 rings (SSSR count). The molecule has 2 aliphatic rings. The lowest BCUT2D eigenvalue weighted by atomic mass is 10.1. The monoisotopic (exact) mass is 210 g/mol. The quantitative estimate of drug-likeness (QED) is 0.768. The zero-order valence-electron chi connectivity index (χ0n) is 9.67. The average Bonchev–Trinajstić information content (AvgIpc) is 2.68. The Labute approximate surface area is 92.4 Å². The van der Waals surface area contributed by atoms with E-state index in [4.69, 9.17) is 4.74 Å². The van der Waals surface area contributed by atoms with Gasteiger partial charge in [0.15, 0.2) is 0 Å². The van der Waals surface area contributed by atoms with Crippen LogP contribution in [-0.2, 0) is 4.74 Å². The number of hydrazine groups is 1. The molecule has 3 heteroatoms. The summed E-state index contributed by atoms with van der Waals surface area (Å²) in [5.74, 6) is 0. The van der Waals surface area contributed by atoms with Crippen LogP contribution in [0.25, 0.3) is 0 Å². The third-order valence-electron chi connectivity index (χ3n) is 3.31. The van der Waals surface area contributed by atoms with Crippen LogP contribution in [0, 0.1) is 0 Å². The second-order valence-corrected chi connectivity index (χ2v) is 4.53. The summed E-state index contributed by atoms with van der Waals surface area (Å²) in [5, 5.41) is 2.36. The summed E-state index contributed by atoms with van der Waals surface area (Å²) in [6.07, 6.45) is 10.0. The van der Waals surface area contributed by atoms with Gasteiger partial charge in [-0.1, -0.05) is 6.08 Å². The molecule has 0 aromatic carbocycles. The molecule has 1 fully saturated rings. The summed E-state index contributed by atoms with van der Waals surface area (Å²) < 4.78 is 5.24. The van der Waals surface area contributed by atoms with E-state index >= 15 is 0 Å². The fourth-order valence-corrected chi connectivity index (χ4v) is 2.47. The minimum Gasteiger partial charge on any atom is -0.383 e. The van der Waals surface area contributed by atoms with Crippen molar-refractivity contribution in [3.8, 4) is 0 Å². The minimum atomic E-state index is 0.567. The van der Waals surface area contributed by atoms with Crippen LogP contribution in [0.15, 0.2) is 11.8 Å². The van der Waals surface area contributed by atoms with Crippen LogP contribution in [0.4, 0.5) is 0 Å². The van der Waals surface area contributed by atoms with Gasteiger partial charge in [-0.15, -0.1) is 0 Å². The maximum absolute atomic E-state index is 5.24. The Balaban J connectivity index is 1.84. The lowest BCUT2D eigenvalue weighted by molar-refractivity contribution is 0.0914. The molecule has 1 atom stereocenters. The highest BCUT2D eigenvalue weighted by Gasteiger charge is 2.24. The standard InChI is InChI=1S/C12H22N2O/c1-15-10-12-8-5-9-14(12)13-11-6-3-2-4-7-11/h6,12-13H,2-5,7-10H2,1H3/t12-/m1/s1. The predicted octanol–water partition coefficient (Wildman–Crippen LogP) is 2.06. The Kier molecular flexibility index (Phi) is 4.03. The number of rotatable bonds is 4. The molecule has 0 aromatic rings. The number of allylic oxidation sites excluding steroid dienone is 2. The van der Waals surface area contributed by atoms with E-state index in [1.54, 1.807) is 7.11 Å². The smallest absolute Gasteiger partial charge is 0.0636 e. The Bertz CT molecular complexity index is 228. The van der Waals surface area contributed by atoms with Gasteiger partial charge in [0.2, 0.25) is 0 Å². The van der Waals surface area contributed by atoms with Gasteiger partial charge >= 0.3 is 0 Å². The van der Waals surface area contributed by atoms with E-state index in [0.29, 0.717) is 6.04 Å². The van der Waals surface area contributed by atoms with Crippen molar-refractivity contribution in [1.82, 2.24) is 10.4 Å². The van der Waals surface area contributed by atoms with Gasteiger partial charge in [0.05, 0.1) is 12.6 Å². The van der Waals surface area contributed by atoms with Gasteiger partial charge in [0.1, 0.15) is 0 Å². The van der Waals surface area contributed by atoms with Crippen LogP contribution in [0.1, 0.15) is 38.5 Å². The number of hydrogen-bond acceptors (Lipinski definition) is 3. The zero-order valence-corrected chi connectivity index (χ0v) is 9.67. The summed E-state index contributed by atoms with van der Waals surface area (Å²) in [6.45, 7) is 2.01. The van der Waals surface area contributed by atoms with Crippen molar-refractivity contribution in [3.63, 3.8) is 0 Å². The molecule has 1 saturated heterocycles. The fraction of sp³-hybridized carbons (Fsp3) is 0.833. The van der Waals surface area contributed by atoms with Crippen molar-refractivity contribution in [2.45, 2.75) is 44.6 Å². The molecule has 0 unspecified atom stereocenters.